The number of hydrogen-bond donors (Lipinski definition) is 1. The maximum atomic E-state index is 6.02. The molecular formula is C12H16ClN5O. The second kappa shape index (κ2) is 6.60. The Hall–Kier alpha value is -1.50. The van der Waals surface area contributed by atoms with E-state index in [9.17, 15) is 0 Å². The molecule has 7 heteroatoms. The van der Waals surface area contributed by atoms with Crippen LogP contribution in [0.1, 0.15) is 11.4 Å². The van der Waals surface area contributed by atoms with Crippen LogP contribution >= 0.6 is 11.6 Å². The minimum atomic E-state index is 0.572. The predicted octanol–water partition coefficient (Wildman–Crippen LogP) is 1.36. The number of hydrogen-bond acceptors (Lipinski definition) is 5. The third-order valence-corrected chi connectivity index (χ3v) is 2.93. The zero-order valence-corrected chi connectivity index (χ0v) is 11.7. The minimum absolute atomic E-state index is 0.572. The fraction of sp³-hybridized carbons (Fsp3) is 0.417. The Labute approximate surface area is 116 Å². The molecule has 1 aromatic carbocycles. The van der Waals surface area contributed by atoms with Crippen molar-refractivity contribution in [2.45, 2.75) is 13.5 Å². The maximum Gasteiger partial charge on any atom is 0.170 e. The summed E-state index contributed by atoms with van der Waals surface area (Å²) in [5.74, 6) is 0.737. The number of aryl methyl sites for hydroxylation is 1. The summed E-state index contributed by atoms with van der Waals surface area (Å²) in [4.78, 5) is 0. The highest BCUT2D eigenvalue weighted by Gasteiger charge is 2.10. The van der Waals surface area contributed by atoms with Crippen molar-refractivity contribution in [2.75, 3.05) is 20.3 Å². The van der Waals surface area contributed by atoms with Crippen LogP contribution in [0.25, 0.3) is 5.69 Å². The van der Waals surface area contributed by atoms with Crippen molar-refractivity contribution in [3.05, 3.63) is 34.6 Å². The smallest absolute Gasteiger partial charge is 0.170 e. The molecule has 0 aliphatic heterocycles. The van der Waals surface area contributed by atoms with E-state index in [2.05, 4.69) is 20.8 Å². The van der Waals surface area contributed by atoms with Gasteiger partial charge in [-0.25, -0.2) is 0 Å². The number of halogens is 1. The van der Waals surface area contributed by atoms with Gasteiger partial charge in [-0.15, -0.1) is 5.10 Å². The topological polar surface area (TPSA) is 64.9 Å². The van der Waals surface area contributed by atoms with E-state index in [1.807, 2.05) is 25.1 Å². The van der Waals surface area contributed by atoms with Crippen LogP contribution in [0, 0.1) is 6.92 Å². The molecule has 2 aromatic rings. The Balaban J connectivity index is 2.16. The molecule has 0 atom stereocenters. The van der Waals surface area contributed by atoms with Gasteiger partial charge in [-0.05, 0) is 35.0 Å². The average molecular weight is 282 g/mol. The first-order valence-corrected chi connectivity index (χ1v) is 6.33. The molecule has 0 unspecified atom stereocenters. The number of rotatable bonds is 6. The molecule has 1 N–H and O–H groups in total. The van der Waals surface area contributed by atoms with Gasteiger partial charge in [0.2, 0.25) is 0 Å². The maximum absolute atomic E-state index is 6.02. The van der Waals surface area contributed by atoms with Crippen molar-refractivity contribution in [3.63, 3.8) is 0 Å². The zero-order chi connectivity index (χ0) is 13.7. The molecular weight excluding hydrogens is 266 g/mol. The van der Waals surface area contributed by atoms with Gasteiger partial charge >= 0.3 is 0 Å². The van der Waals surface area contributed by atoms with E-state index in [0.717, 1.165) is 23.6 Å². The molecule has 0 aliphatic rings. The van der Waals surface area contributed by atoms with Crippen molar-refractivity contribution >= 4 is 11.6 Å². The van der Waals surface area contributed by atoms with Gasteiger partial charge < -0.3 is 10.1 Å². The molecule has 0 aliphatic carbocycles. The summed E-state index contributed by atoms with van der Waals surface area (Å²) >= 11 is 6.02. The van der Waals surface area contributed by atoms with Crippen LogP contribution in [0.3, 0.4) is 0 Å². The summed E-state index contributed by atoms with van der Waals surface area (Å²) in [5, 5.41) is 15.6. The largest absolute Gasteiger partial charge is 0.383 e. The molecule has 0 spiro atoms. The fourth-order valence-corrected chi connectivity index (χ4v) is 1.85. The zero-order valence-electron chi connectivity index (χ0n) is 10.9. The van der Waals surface area contributed by atoms with Gasteiger partial charge in [0, 0.05) is 18.7 Å². The number of nitrogens with one attached hydrogen (secondary N) is 1. The van der Waals surface area contributed by atoms with Crippen LogP contribution < -0.4 is 5.32 Å². The highest BCUT2D eigenvalue weighted by molar-refractivity contribution is 6.30. The molecule has 0 saturated heterocycles. The van der Waals surface area contributed by atoms with Gasteiger partial charge in [0.05, 0.1) is 18.8 Å². The Morgan fingerprint density at radius 1 is 1.42 bits per heavy atom. The Morgan fingerprint density at radius 2 is 2.26 bits per heavy atom. The molecule has 19 heavy (non-hydrogen) atoms. The van der Waals surface area contributed by atoms with Gasteiger partial charge in [0.25, 0.3) is 0 Å². The first kappa shape index (κ1) is 13.9. The van der Waals surface area contributed by atoms with Crippen molar-refractivity contribution in [3.8, 4) is 5.69 Å². The number of ether oxygens (including phenoxy) is 1. The Bertz CT molecular complexity index is 543. The number of aromatic nitrogens is 4. The molecule has 6 nitrogen and oxygen atoms in total. The van der Waals surface area contributed by atoms with E-state index in [1.54, 1.807) is 11.8 Å². The molecule has 0 saturated carbocycles. The number of nitrogens with zero attached hydrogens (tertiary/aromatic N) is 4. The standard InChI is InChI=1S/C12H16ClN5O/c1-9-3-4-10(13)7-11(9)18-12(15-16-17-18)8-14-5-6-19-2/h3-4,7,14H,5-6,8H2,1-2H3. The van der Waals surface area contributed by atoms with Gasteiger partial charge in [0.15, 0.2) is 5.82 Å². The quantitative estimate of drug-likeness (QED) is 0.810. The third-order valence-electron chi connectivity index (χ3n) is 2.70. The van der Waals surface area contributed by atoms with E-state index >= 15 is 0 Å². The van der Waals surface area contributed by atoms with Crippen LogP contribution in [0.4, 0.5) is 0 Å². The lowest BCUT2D eigenvalue weighted by Gasteiger charge is -2.08. The molecule has 2 rings (SSSR count). The highest BCUT2D eigenvalue weighted by Crippen LogP contribution is 2.19. The van der Waals surface area contributed by atoms with Crippen molar-refractivity contribution in [2.24, 2.45) is 0 Å². The summed E-state index contributed by atoms with van der Waals surface area (Å²) in [6.45, 7) is 3.97. The molecule has 102 valence electrons. The SMILES string of the molecule is COCCNCc1nnnn1-c1cc(Cl)ccc1C. The van der Waals surface area contributed by atoms with Crippen molar-refractivity contribution in [1.82, 2.24) is 25.5 Å². The van der Waals surface area contributed by atoms with E-state index in [0.29, 0.717) is 18.2 Å². The minimum Gasteiger partial charge on any atom is -0.383 e. The summed E-state index contributed by atoms with van der Waals surface area (Å²) in [6, 6.07) is 5.65. The van der Waals surface area contributed by atoms with Crippen LogP contribution in [0.15, 0.2) is 18.2 Å². The summed E-state index contributed by atoms with van der Waals surface area (Å²) in [6.07, 6.45) is 0. The lowest BCUT2D eigenvalue weighted by atomic mass is 10.2. The normalized spacial score (nSPS) is 10.9. The summed E-state index contributed by atoms with van der Waals surface area (Å²) in [7, 11) is 1.67. The van der Waals surface area contributed by atoms with Crippen LogP contribution in [0.5, 0.6) is 0 Å². The Kier molecular flexibility index (Phi) is 4.84. The van der Waals surface area contributed by atoms with Crippen LogP contribution in [-0.2, 0) is 11.3 Å². The van der Waals surface area contributed by atoms with Crippen LogP contribution in [-0.4, -0.2) is 40.5 Å². The average Bonchev–Trinajstić information content (AvgIpc) is 2.86. The Morgan fingerprint density at radius 3 is 3.05 bits per heavy atom. The lowest BCUT2D eigenvalue weighted by Crippen LogP contribution is -2.21. The molecule has 0 fully saturated rings. The van der Waals surface area contributed by atoms with E-state index in [4.69, 9.17) is 16.3 Å². The molecule has 1 heterocycles. The van der Waals surface area contributed by atoms with Gasteiger partial charge in [-0.1, -0.05) is 17.7 Å². The van der Waals surface area contributed by atoms with Crippen molar-refractivity contribution < 1.29 is 4.74 Å². The third kappa shape index (κ3) is 3.50. The monoisotopic (exact) mass is 281 g/mol. The second-order valence-corrected chi connectivity index (χ2v) is 4.54. The first-order valence-electron chi connectivity index (χ1n) is 5.96. The highest BCUT2D eigenvalue weighted by atomic mass is 35.5. The number of tetrazole rings is 1. The van der Waals surface area contributed by atoms with Gasteiger partial charge in [-0.3, -0.25) is 0 Å². The fourth-order valence-electron chi connectivity index (χ4n) is 1.69. The lowest BCUT2D eigenvalue weighted by molar-refractivity contribution is 0.199. The molecule has 0 radical (unpaired) electrons. The first-order chi connectivity index (χ1) is 9.22. The van der Waals surface area contributed by atoms with Gasteiger partial charge in [-0.2, -0.15) is 4.68 Å². The summed E-state index contributed by atoms with van der Waals surface area (Å²) < 4.78 is 6.67. The number of benzene rings is 1. The van der Waals surface area contributed by atoms with E-state index < -0.39 is 0 Å². The van der Waals surface area contributed by atoms with E-state index in [1.165, 1.54) is 0 Å². The van der Waals surface area contributed by atoms with E-state index in [-0.39, 0.29) is 0 Å². The van der Waals surface area contributed by atoms with Crippen molar-refractivity contribution in [1.29, 1.82) is 0 Å². The predicted molar refractivity (Wildman–Crippen MR) is 72.5 cm³/mol. The molecule has 1 aromatic heterocycles. The second-order valence-electron chi connectivity index (χ2n) is 4.11. The molecule has 0 amide bonds. The van der Waals surface area contributed by atoms with Crippen LogP contribution in [0.2, 0.25) is 5.02 Å². The number of methoxy groups -OCH3 is 1. The summed E-state index contributed by atoms with van der Waals surface area (Å²) in [5.41, 5.74) is 1.95. The molecule has 0 bridgehead atoms. The van der Waals surface area contributed by atoms with Gasteiger partial charge in [0.1, 0.15) is 0 Å².